The van der Waals surface area contributed by atoms with E-state index in [0.717, 1.165) is 12.2 Å². The first-order valence-corrected chi connectivity index (χ1v) is 11.4. The molecule has 0 spiro atoms. The summed E-state index contributed by atoms with van der Waals surface area (Å²) in [5.41, 5.74) is 0.557. The first kappa shape index (κ1) is 23.7. The van der Waals surface area contributed by atoms with Gasteiger partial charge in [0, 0.05) is 49.3 Å². The second-order valence-electron chi connectivity index (χ2n) is 9.63. The number of aromatic nitrogens is 2. The lowest BCUT2D eigenvalue weighted by molar-refractivity contribution is -0.389. The van der Waals surface area contributed by atoms with Gasteiger partial charge in [-0.05, 0) is 56.9 Å². The highest BCUT2D eigenvalue weighted by Crippen LogP contribution is 2.27. The van der Waals surface area contributed by atoms with Crippen LogP contribution in [0.5, 0.6) is 11.8 Å². The Labute approximate surface area is 198 Å². The summed E-state index contributed by atoms with van der Waals surface area (Å²) in [6.07, 6.45) is 1.57. The van der Waals surface area contributed by atoms with Gasteiger partial charge in [0.1, 0.15) is 30.3 Å². The largest absolute Gasteiger partial charge is 0.490 e. The monoisotopic (exact) mass is 473 g/mol. The highest BCUT2D eigenvalue weighted by atomic mass is 16.6. The summed E-state index contributed by atoms with van der Waals surface area (Å²) < 4.78 is 18.8. The predicted molar refractivity (Wildman–Crippen MR) is 124 cm³/mol. The second kappa shape index (κ2) is 9.40. The van der Waals surface area contributed by atoms with Gasteiger partial charge in [-0.15, -0.1) is 0 Å². The Bertz CT molecular complexity index is 1030. The van der Waals surface area contributed by atoms with Crippen molar-refractivity contribution < 1.29 is 23.9 Å². The third-order valence-corrected chi connectivity index (χ3v) is 5.76. The van der Waals surface area contributed by atoms with E-state index in [1.165, 1.54) is 6.20 Å². The molecule has 1 amide bonds. The minimum atomic E-state index is -0.528. The lowest BCUT2D eigenvalue weighted by Crippen LogP contribution is -2.54. The Morgan fingerprint density at radius 3 is 2.62 bits per heavy atom. The maximum Gasteiger partial charge on any atom is 0.414 e. The number of ether oxygens (including phenoxy) is 3. The molecule has 11 heteroatoms. The normalized spacial score (nSPS) is 20.4. The van der Waals surface area contributed by atoms with E-state index in [1.54, 1.807) is 9.47 Å². The van der Waals surface area contributed by atoms with Gasteiger partial charge in [0.25, 0.3) is 0 Å². The van der Waals surface area contributed by atoms with E-state index >= 15 is 0 Å². The number of aryl methyl sites for hydroxylation is 1. The van der Waals surface area contributed by atoms with E-state index in [9.17, 15) is 14.9 Å². The molecule has 4 rings (SSSR count). The van der Waals surface area contributed by atoms with Crippen molar-refractivity contribution in [1.29, 1.82) is 0 Å². The van der Waals surface area contributed by atoms with Crippen LogP contribution in [-0.2, 0) is 11.3 Å². The molecule has 0 N–H and O–H groups in total. The van der Waals surface area contributed by atoms with Crippen LogP contribution in [-0.4, -0.2) is 69.5 Å². The van der Waals surface area contributed by atoms with E-state index in [-0.39, 0.29) is 30.1 Å². The van der Waals surface area contributed by atoms with Crippen LogP contribution in [0.3, 0.4) is 0 Å². The van der Waals surface area contributed by atoms with Gasteiger partial charge in [-0.2, -0.15) is 0 Å². The molecule has 1 aromatic heterocycles. The summed E-state index contributed by atoms with van der Waals surface area (Å²) >= 11 is 0. The number of imidazole rings is 1. The number of nitrogens with zero attached hydrogens (tertiary/aromatic N) is 5. The van der Waals surface area contributed by atoms with Crippen molar-refractivity contribution >= 4 is 17.6 Å². The van der Waals surface area contributed by atoms with Gasteiger partial charge in [0.05, 0.1) is 0 Å². The molecule has 184 valence electrons. The van der Waals surface area contributed by atoms with Crippen LogP contribution in [0.1, 0.15) is 34.1 Å². The average Bonchev–Trinajstić information content (AvgIpc) is 3.21. The fourth-order valence-corrected chi connectivity index (χ4v) is 4.09. The maximum atomic E-state index is 12.4. The van der Waals surface area contributed by atoms with Crippen LogP contribution in [0.25, 0.3) is 0 Å². The highest BCUT2D eigenvalue weighted by Gasteiger charge is 2.30. The van der Waals surface area contributed by atoms with E-state index in [1.807, 2.05) is 45.0 Å². The van der Waals surface area contributed by atoms with Gasteiger partial charge >= 0.3 is 17.9 Å². The minimum Gasteiger partial charge on any atom is -0.490 e. The fourth-order valence-electron chi connectivity index (χ4n) is 4.09. The number of anilines is 1. The van der Waals surface area contributed by atoms with Gasteiger partial charge in [-0.25, -0.2) is 4.79 Å². The molecule has 0 saturated carbocycles. The zero-order valence-electron chi connectivity index (χ0n) is 20.0. The number of hydrogen-bond donors (Lipinski definition) is 0. The Kier molecular flexibility index (Phi) is 6.54. The zero-order chi connectivity index (χ0) is 24.5. The van der Waals surface area contributed by atoms with Crippen molar-refractivity contribution in [2.75, 3.05) is 31.1 Å². The van der Waals surface area contributed by atoms with Gasteiger partial charge in [-0.3, -0.25) is 4.57 Å². The van der Waals surface area contributed by atoms with Crippen LogP contribution >= 0.6 is 0 Å². The number of carbonyl (C=O) groups is 1. The van der Waals surface area contributed by atoms with E-state index in [0.29, 0.717) is 38.4 Å². The van der Waals surface area contributed by atoms with Crippen LogP contribution in [0.2, 0.25) is 0 Å². The zero-order valence-corrected chi connectivity index (χ0v) is 20.0. The molecule has 2 aliphatic rings. The third kappa shape index (κ3) is 5.52. The lowest BCUT2D eigenvalue weighted by Gasteiger charge is -2.41. The molecule has 2 unspecified atom stereocenters. The molecule has 3 heterocycles. The standard InChI is InChI=1S/C23H31N5O6/c1-16-13-26(22(29)34-23(2,3)4)11-12-27(16)17-5-7-18(8-6-17)32-15-19-9-10-25-14-20(28(30)31)24-21(25)33-19/h5-8,14,16,19H,9-13,15H2,1-4H3. The molecular formula is C23H31N5O6. The number of rotatable bonds is 5. The molecule has 1 saturated heterocycles. The van der Waals surface area contributed by atoms with Crippen molar-refractivity contribution in [2.45, 2.75) is 58.4 Å². The van der Waals surface area contributed by atoms with Crippen molar-refractivity contribution in [2.24, 2.45) is 0 Å². The van der Waals surface area contributed by atoms with Crippen molar-refractivity contribution in [1.82, 2.24) is 14.5 Å². The first-order chi connectivity index (χ1) is 16.1. The highest BCUT2D eigenvalue weighted by molar-refractivity contribution is 5.69. The van der Waals surface area contributed by atoms with Crippen molar-refractivity contribution in [3.8, 4) is 11.8 Å². The average molecular weight is 474 g/mol. The molecule has 1 fully saturated rings. The van der Waals surface area contributed by atoms with Crippen molar-refractivity contribution in [3.63, 3.8) is 0 Å². The Balaban J connectivity index is 1.28. The Morgan fingerprint density at radius 2 is 1.97 bits per heavy atom. The summed E-state index contributed by atoms with van der Waals surface area (Å²) in [5.74, 6) is 0.501. The topological polar surface area (TPSA) is 112 Å². The second-order valence-corrected chi connectivity index (χ2v) is 9.63. The fraction of sp³-hybridized carbons (Fsp3) is 0.565. The minimum absolute atomic E-state index is 0.150. The molecular weight excluding hydrogens is 442 g/mol. The smallest absolute Gasteiger partial charge is 0.414 e. The molecule has 0 bridgehead atoms. The molecule has 1 aromatic carbocycles. The van der Waals surface area contributed by atoms with Gasteiger partial charge in [0.15, 0.2) is 0 Å². The van der Waals surface area contributed by atoms with Crippen LogP contribution < -0.4 is 14.4 Å². The molecule has 2 aromatic rings. The summed E-state index contributed by atoms with van der Waals surface area (Å²) in [6, 6.07) is 8.24. The number of hydrogen-bond acceptors (Lipinski definition) is 8. The van der Waals surface area contributed by atoms with Gasteiger partial charge in [0.2, 0.25) is 0 Å². The number of carbonyl (C=O) groups excluding carboxylic acids is 1. The molecule has 34 heavy (non-hydrogen) atoms. The number of amides is 1. The Morgan fingerprint density at radius 1 is 1.24 bits per heavy atom. The number of piperazine rings is 1. The molecule has 0 aliphatic carbocycles. The van der Waals surface area contributed by atoms with Crippen molar-refractivity contribution in [3.05, 3.63) is 40.6 Å². The summed E-state index contributed by atoms with van der Waals surface area (Å²) in [6.45, 7) is 10.5. The Hall–Kier alpha value is -3.50. The van der Waals surface area contributed by atoms with Gasteiger partial charge in [-0.1, -0.05) is 0 Å². The SMILES string of the molecule is CC1CN(C(=O)OC(C)(C)C)CCN1c1ccc(OCC2CCn3cc([N+](=O)[O-])nc3O2)cc1. The summed E-state index contributed by atoms with van der Waals surface area (Å²) in [5, 5.41) is 10.9. The quantitative estimate of drug-likeness (QED) is 0.479. The van der Waals surface area contributed by atoms with Crippen LogP contribution in [0, 0.1) is 10.1 Å². The molecule has 11 nitrogen and oxygen atoms in total. The first-order valence-electron chi connectivity index (χ1n) is 11.4. The van der Waals surface area contributed by atoms with Gasteiger partial charge < -0.3 is 34.1 Å². The van der Waals surface area contributed by atoms with E-state index < -0.39 is 10.5 Å². The third-order valence-electron chi connectivity index (χ3n) is 5.76. The van der Waals surface area contributed by atoms with Crippen LogP contribution in [0.15, 0.2) is 30.5 Å². The number of benzene rings is 1. The lowest BCUT2D eigenvalue weighted by atomic mass is 10.1. The molecule has 2 atom stereocenters. The van der Waals surface area contributed by atoms with Crippen LogP contribution in [0.4, 0.5) is 16.3 Å². The maximum absolute atomic E-state index is 12.4. The number of nitro groups is 1. The summed E-state index contributed by atoms with van der Waals surface area (Å²) in [7, 11) is 0. The molecule has 0 radical (unpaired) electrons. The number of fused-ring (bicyclic) bond motifs is 1. The summed E-state index contributed by atoms with van der Waals surface area (Å²) in [4.78, 5) is 30.7. The predicted octanol–water partition coefficient (Wildman–Crippen LogP) is 3.47. The molecule has 2 aliphatic heterocycles. The van der Waals surface area contributed by atoms with E-state index in [4.69, 9.17) is 14.2 Å². The van der Waals surface area contributed by atoms with E-state index in [2.05, 4.69) is 16.8 Å².